The first kappa shape index (κ1) is 16.9. The summed E-state index contributed by atoms with van der Waals surface area (Å²) in [5.74, 6) is -2.24. The van der Waals surface area contributed by atoms with E-state index < -0.39 is 17.5 Å². The van der Waals surface area contributed by atoms with Gasteiger partial charge in [-0.3, -0.25) is 9.59 Å². The number of benzene rings is 2. The van der Waals surface area contributed by atoms with E-state index in [1.807, 2.05) is 0 Å². The summed E-state index contributed by atoms with van der Waals surface area (Å²) in [5, 5.41) is 2.35. The molecular formula is C18H10ClF2NO3. The fourth-order valence-corrected chi connectivity index (χ4v) is 2.42. The van der Waals surface area contributed by atoms with E-state index in [2.05, 4.69) is 5.32 Å². The van der Waals surface area contributed by atoms with Gasteiger partial charge in [0.25, 0.3) is 5.91 Å². The number of furan rings is 1. The van der Waals surface area contributed by atoms with Crippen LogP contribution in [-0.2, 0) is 0 Å². The first-order chi connectivity index (χ1) is 12.0. The summed E-state index contributed by atoms with van der Waals surface area (Å²) in [4.78, 5) is 22.8. The van der Waals surface area contributed by atoms with Gasteiger partial charge in [0.1, 0.15) is 5.76 Å². The van der Waals surface area contributed by atoms with Crippen LogP contribution in [0.2, 0.25) is 5.02 Å². The zero-order valence-electron chi connectivity index (χ0n) is 12.6. The van der Waals surface area contributed by atoms with Crippen LogP contribution in [0.3, 0.4) is 0 Å². The third kappa shape index (κ3) is 3.59. The molecule has 0 aliphatic carbocycles. The largest absolute Gasteiger partial charge is 0.453 e. The Morgan fingerprint density at radius 2 is 1.72 bits per heavy atom. The van der Waals surface area contributed by atoms with Gasteiger partial charge in [-0.2, -0.15) is 0 Å². The third-order valence-electron chi connectivity index (χ3n) is 3.42. The summed E-state index contributed by atoms with van der Waals surface area (Å²) in [5.41, 5.74) is 0.958. The van der Waals surface area contributed by atoms with Crippen molar-refractivity contribution in [1.29, 1.82) is 0 Å². The van der Waals surface area contributed by atoms with Crippen LogP contribution in [-0.4, -0.2) is 12.2 Å². The Kier molecular flexibility index (Phi) is 4.63. The number of amides is 1. The lowest BCUT2D eigenvalue weighted by Gasteiger charge is -2.08. The lowest BCUT2D eigenvalue weighted by atomic mass is 10.1. The SMILES string of the molecule is O=Cc1ccc(-c2ccc(NC(=O)c3cc(F)c(F)cc3Cl)cc2)o1. The third-order valence-corrected chi connectivity index (χ3v) is 3.74. The molecule has 0 bridgehead atoms. The van der Waals surface area contributed by atoms with Crippen molar-refractivity contribution in [3.8, 4) is 11.3 Å². The second-order valence-electron chi connectivity index (χ2n) is 5.10. The second kappa shape index (κ2) is 6.86. The summed E-state index contributed by atoms with van der Waals surface area (Å²) in [6.07, 6.45) is 0.601. The Bertz CT molecular complexity index is 951. The van der Waals surface area contributed by atoms with Gasteiger partial charge in [0, 0.05) is 11.3 Å². The van der Waals surface area contributed by atoms with E-state index in [9.17, 15) is 18.4 Å². The van der Waals surface area contributed by atoms with Crippen molar-refractivity contribution in [2.45, 2.75) is 0 Å². The summed E-state index contributed by atoms with van der Waals surface area (Å²) >= 11 is 5.78. The number of aldehydes is 1. The van der Waals surface area contributed by atoms with Crippen LogP contribution >= 0.6 is 11.6 Å². The van der Waals surface area contributed by atoms with Gasteiger partial charge < -0.3 is 9.73 Å². The lowest BCUT2D eigenvalue weighted by molar-refractivity contribution is 0.102. The Morgan fingerprint density at radius 1 is 1.04 bits per heavy atom. The molecule has 0 fully saturated rings. The molecule has 1 amide bonds. The van der Waals surface area contributed by atoms with Crippen LogP contribution in [0.1, 0.15) is 20.9 Å². The predicted molar refractivity (Wildman–Crippen MR) is 88.9 cm³/mol. The molecule has 0 saturated carbocycles. The van der Waals surface area contributed by atoms with Gasteiger partial charge >= 0.3 is 0 Å². The fraction of sp³-hybridized carbons (Fsp3) is 0. The number of carbonyl (C=O) groups is 2. The highest BCUT2D eigenvalue weighted by atomic mass is 35.5. The number of hydrogen-bond donors (Lipinski definition) is 1. The summed E-state index contributed by atoms with van der Waals surface area (Å²) in [6.45, 7) is 0. The van der Waals surface area contributed by atoms with Crippen molar-refractivity contribution in [3.05, 3.63) is 76.5 Å². The van der Waals surface area contributed by atoms with E-state index in [0.717, 1.165) is 12.1 Å². The maximum absolute atomic E-state index is 13.3. The van der Waals surface area contributed by atoms with E-state index >= 15 is 0 Å². The molecule has 0 saturated heterocycles. The molecule has 4 nitrogen and oxygen atoms in total. The van der Waals surface area contributed by atoms with Crippen molar-refractivity contribution in [2.75, 3.05) is 5.32 Å². The Morgan fingerprint density at radius 3 is 2.36 bits per heavy atom. The van der Waals surface area contributed by atoms with E-state index in [-0.39, 0.29) is 16.3 Å². The monoisotopic (exact) mass is 361 g/mol. The van der Waals surface area contributed by atoms with E-state index in [0.29, 0.717) is 23.3 Å². The molecule has 1 heterocycles. The Labute approximate surface area is 146 Å². The van der Waals surface area contributed by atoms with Crippen molar-refractivity contribution in [3.63, 3.8) is 0 Å². The second-order valence-corrected chi connectivity index (χ2v) is 5.50. The number of carbonyl (C=O) groups excluding carboxylic acids is 2. The highest BCUT2D eigenvalue weighted by Crippen LogP contribution is 2.25. The molecule has 0 spiro atoms. The number of anilines is 1. The predicted octanol–water partition coefficient (Wildman–Crippen LogP) is 4.94. The molecule has 0 unspecified atom stereocenters. The first-order valence-electron chi connectivity index (χ1n) is 7.09. The molecule has 0 aliphatic rings. The van der Waals surface area contributed by atoms with E-state index in [1.165, 1.54) is 0 Å². The van der Waals surface area contributed by atoms with Crippen molar-refractivity contribution in [1.82, 2.24) is 0 Å². The maximum Gasteiger partial charge on any atom is 0.257 e. The molecular weight excluding hydrogens is 352 g/mol. The molecule has 126 valence electrons. The standard InChI is InChI=1S/C18H10ClF2NO3/c19-14-8-16(21)15(20)7-13(14)18(24)22-11-3-1-10(2-4-11)17-6-5-12(9-23)25-17/h1-9H,(H,22,24). The van der Waals surface area contributed by atoms with Gasteiger partial charge in [0.15, 0.2) is 23.7 Å². The van der Waals surface area contributed by atoms with Crippen LogP contribution < -0.4 is 5.32 Å². The van der Waals surface area contributed by atoms with Crippen LogP contribution in [0.25, 0.3) is 11.3 Å². The molecule has 3 rings (SSSR count). The summed E-state index contributed by atoms with van der Waals surface area (Å²) < 4.78 is 31.6. The summed E-state index contributed by atoms with van der Waals surface area (Å²) in [6, 6.07) is 11.2. The lowest BCUT2D eigenvalue weighted by Crippen LogP contribution is -2.13. The minimum Gasteiger partial charge on any atom is -0.453 e. The Balaban J connectivity index is 1.78. The van der Waals surface area contributed by atoms with Gasteiger partial charge in [-0.15, -0.1) is 0 Å². The Hall–Kier alpha value is -2.99. The van der Waals surface area contributed by atoms with Crippen LogP contribution in [0, 0.1) is 11.6 Å². The number of halogens is 3. The van der Waals surface area contributed by atoms with Crippen LogP contribution in [0.15, 0.2) is 52.9 Å². The number of nitrogens with one attached hydrogen (secondary N) is 1. The number of hydrogen-bond acceptors (Lipinski definition) is 3. The van der Waals surface area contributed by atoms with Gasteiger partial charge in [-0.25, -0.2) is 8.78 Å². The molecule has 1 N–H and O–H groups in total. The van der Waals surface area contributed by atoms with Crippen LogP contribution in [0.4, 0.5) is 14.5 Å². The fourth-order valence-electron chi connectivity index (χ4n) is 2.18. The minimum atomic E-state index is -1.16. The van der Waals surface area contributed by atoms with Crippen molar-refractivity contribution >= 4 is 29.5 Å². The summed E-state index contributed by atoms with van der Waals surface area (Å²) in [7, 11) is 0. The quantitative estimate of drug-likeness (QED) is 0.528. The highest BCUT2D eigenvalue weighted by Gasteiger charge is 2.15. The van der Waals surface area contributed by atoms with Crippen molar-refractivity contribution < 1.29 is 22.8 Å². The zero-order chi connectivity index (χ0) is 18.0. The van der Waals surface area contributed by atoms with Gasteiger partial charge in [-0.05, 0) is 48.5 Å². The highest BCUT2D eigenvalue weighted by molar-refractivity contribution is 6.34. The zero-order valence-corrected chi connectivity index (χ0v) is 13.3. The minimum absolute atomic E-state index is 0.175. The molecule has 0 aliphatic heterocycles. The average molecular weight is 362 g/mol. The normalized spacial score (nSPS) is 10.5. The van der Waals surface area contributed by atoms with E-state index in [1.54, 1.807) is 36.4 Å². The van der Waals surface area contributed by atoms with Gasteiger partial charge in [0.05, 0.1) is 10.6 Å². The molecule has 25 heavy (non-hydrogen) atoms. The first-order valence-corrected chi connectivity index (χ1v) is 7.47. The number of rotatable bonds is 4. The van der Waals surface area contributed by atoms with Crippen LogP contribution in [0.5, 0.6) is 0 Å². The van der Waals surface area contributed by atoms with E-state index in [4.69, 9.17) is 16.0 Å². The molecule has 3 aromatic rings. The average Bonchev–Trinajstić information content (AvgIpc) is 3.08. The molecule has 1 aromatic heterocycles. The molecule has 7 heteroatoms. The molecule has 2 aromatic carbocycles. The van der Waals surface area contributed by atoms with Crippen molar-refractivity contribution in [2.24, 2.45) is 0 Å². The maximum atomic E-state index is 13.3. The smallest absolute Gasteiger partial charge is 0.257 e. The topological polar surface area (TPSA) is 59.3 Å². The molecule has 0 atom stereocenters. The van der Waals surface area contributed by atoms with Gasteiger partial charge in [-0.1, -0.05) is 11.6 Å². The van der Waals surface area contributed by atoms with Gasteiger partial charge in [0.2, 0.25) is 0 Å². The molecule has 0 radical (unpaired) electrons.